The fourth-order valence-corrected chi connectivity index (χ4v) is 5.20. The lowest BCUT2D eigenvalue weighted by Gasteiger charge is -2.27. The molecule has 2 heterocycles. The number of aromatic hydroxyl groups is 1. The van der Waals surface area contributed by atoms with Crippen molar-refractivity contribution in [2.45, 2.75) is 0 Å². The second-order valence-electron chi connectivity index (χ2n) is 6.71. The quantitative estimate of drug-likeness (QED) is 0.193. The van der Waals surface area contributed by atoms with Gasteiger partial charge in [0, 0.05) is 32.4 Å². The fourth-order valence-electron chi connectivity index (χ4n) is 2.91. The van der Waals surface area contributed by atoms with Crippen molar-refractivity contribution in [1.29, 1.82) is 0 Å². The van der Waals surface area contributed by atoms with E-state index >= 15 is 0 Å². The number of nitrogens with zero attached hydrogens (tertiary/aromatic N) is 5. The Morgan fingerprint density at radius 2 is 1.88 bits per heavy atom. The first-order valence-corrected chi connectivity index (χ1v) is 12.5. The van der Waals surface area contributed by atoms with E-state index in [-0.39, 0.29) is 11.7 Å². The van der Waals surface area contributed by atoms with Gasteiger partial charge in [-0.15, -0.1) is 0 Å². The summed E-state index contributed by atoms with van der Waals surface area (Å²) in [6.07, 6.45) is 1.54. The van der Waals surface area contributed by atoms with Gasteiger partial charge < -0.3 is 20.1 Å². The number of hydrogen-bond donors (Lipinski definition) is 3. The molecule has 0 unspecified atom stereocenters. The monoisotopic (exact) mass is 721 g/mol. The van der Waals surface area contributed by atoms with Crippen molar-refractivity contribution in [3.05, 3.63) is 53.6 Å². The lowest BCUT2D eigenvalue weighted by atomic mass is 10.2. The van der Waals surface area contributed by atoms with Gasteiger partial charge in [0.15, 0.2) is 0 Å². The summed E-state index contributed by atoms with van der Waals surface area (Å²) in [6, 6.07) is 11.5. The first-order chi connectivity index (χ1) is 15.5. The maximum Gasteiger partial charge on any atom is 0.250 e. The highest BCUT2D eigenvalue weighted by atomic mass is 127. The average Bonchev–Trinajstić information content (AvgIpc) is 2.77. The van der Waals surface area contributed by atoms with Crippen LogP contribution in [0.15, 0.2) is 46.0 Å². The second-order valence-corrected chi connectivity index (χ2v) is 10.0. The number of rotatable bonds is 6. The zero-order chi connectivity index (χ0) is 22.5. The summed E-state index contributed by atoms with van der Waals surface area (Å²) in [4.78, 5) is 15.6. The van der Waals surface area contributed by atoms with E-state index in [9.17, 15) is 5.11 Å². The molecule has 0 aliphatic carbocycles. The molecule has 0 saturated carbocycles. The molecule has 1 aromatic heterocycles. The summed E-state index contributed by atoms with van der Waals surface area (Å²) < 4.78 is 8.14. The Morgan fingerprint density at radius 3 is 2.66 bits per heavy atom. The van der Waals surface area contributed by atoms with Crippen LogP contribution < -0.4 is 15.6 Å². The normalized spacial score (nSPS) is 14.0. The van der Waals surface area contributed by atoms with Gasteiger partial charge in [-0.3, -0.25) is 0 Å². The molecule has 3 N–H and O–H groups in total. The van der Waals surface area contributed by atoms with Gasteiger partial charge in [-0.1, -0.05) is 22.0 Å². The molecule has 1 fully saturated rings. The average molecular weight is 722 g/mol. The van der Waals surface area contributed by atoms with Crippen molar-refractivity contribution in [3.63, 3.8) is 0 Å². The molecular weight excluding hydrogens is 704 g/mol. The Bertz CT molecular complexity index is 1140. The van der Waals surface area contributed by atoms with Gasteiger partial charge in [0.25, 0.3) is 0 Å². The molecule has 32 heavy (non-hydrogen) atoms. The van der Waals surface area contributed by atoms with E-state index < -0.39 is 0 Å². The zero-order valence-corrected chi connectivity index (χ0v) is 22.5. The van der Waals surface area contributed by atoms with E-state index in [0.717, 1.165) is 17.3 Å². The lowest BCUT2D eigenvalue weighted by Crippen LogP contribution is -2.37. The number of hydrogen-bond acceptors (Lipinski definition) is 9. The molecule has 3 aromatic rings. The third-order valence-corrected chi connectivity index (χ3v) is 6.36. The van der Waals surface area contributed by atoms with E-state index in [4.69, 9.17) is 4.74 Å². The van der Waals surface area contributed by atoms with Crippen molar-refractivity contribution in [1.82, 2.24) is 15.0 Å². The minimum atomic E-state index is 0.179. The number of ether oxygens (including phenoxy) is 1. The van der Waals surface area contributed by atoms with Crippen LogP contribution in [0.25, 0.3) is 0 Å². The molecule has 9 nitrogen and oxygen atoms in total. The highest BCUT2D eigenvalue weighted by molar-refractivity contribution is 14.1. The third-order valence-electron chi connectivity index (χ3n) is 4.42. The number of anilines is 4. The van der Waals surface area contributed by atoms with E-state index in [1.807, 2.05) is 41.3 Å². The number of aromatic nitrogens is 3. The van der Waals surface area contributed by atoms with Crippen LogP contribution in [-0.2, 0) is 4.74 Å². The van der Waals surface area contributed by atoms with Crippen molar-refractivity contribution >= 4 is 90.9 Å². The SMILES string of the molecule is Oc1c(I)cc(I)cc1/C=N\Nc1nc(Nc2cccc(Br)c2)nc(N2CCOCC2)n1. The Kier molecular flexibility index (Phi) is 7.96. The number of phenols is 1. The number of halogens is 3. The highest BCUT2D eigenvalue weighted by Gasteiger charge is 2.17. The number of nitrogens with one attached hydrogen (secondary N) is 2. The van der Waals surface area contributed by atoms with Gasteiger partial charge in [-0.25, -0.2) is 5.43 Å². The molecule has 1 aliphatic heterocycles. The standard InChI is InChI=1S/C20H18BrI2N7O2/c21-13-2-1-3-15(9-13)25-18-26-19(28-20(27-18)30-4-6-32-7-5-30)29-24-11-12-8-14(22)10-16(23)17(12)31/h1-3,8-11,31H,4-7H2,(H2,25,26,27,28,29)/b24-11-. The smallest absolute Gasteiger partial charge is 0.250 e. The van der Waals surface area contributed by atoms with Crippen molar-refractivity contribution < 1.29 is 9.84 Å². The second kappa shape index (κ2) is 10.9. The Balaban J connectivity index is 1.60. The molecule has 166 valence electrons. The van der Waals surface area contributed by atoms with E-state index in [1.54, 1.807) is 6.21 Å². The van der Waals surface area contributed by atoms with Gasteiger partial charge >= 0.3 is 0 Å². The van der Waals surface area contributed by atoms with E-state index in [0.29, 0.717) is 43.8 Å². The molecule has 1 aliphatic rings. The lowest BCUT2D eigenvalue weighted by molar-refractivity contribution is 0.122. The van der Waals surface area contributed by atoms with Gasteiger partial charge in [0.05, 0.1) is 23.0 Å². The molecule has 0 atom stereocenters. The number of benzene rings is 2. The molecular formula is C20H18BrI2N7O2. The van der Waals surface area contributed by atoms with E-state index in [2.05, 4.69) is 91.9 Å². The van der Waals surface area contributed by atoms with Crippen LogP contribution in [0.5, 0.6) is 5.75 Å². The van der Waals surface area contributed by atoms with Gasteiger partial charge in [-0.05, 0) is 75.5 Å². The Labute approximate surface area is 220 Å². The maximum absolute atomic E-state index is 10.3. The fraction of sp³-hybridized carbons (Fsp3) is 0.200. The van der Waals surface area contributed by atoms with Crippen LogP contribution in [0.4, 0.5) is 23.5 Å². The summed E-state index contributed by atoms with van der Waals surface area (Å²) in [6.45, 7) is 2.62. The zero-order valence-electron chi connectivity index (χ0n) is 16.6. The Hall–Kier alpha value is -1.78. The maximum atomic E-state index is 10.3. The van der Waals surface area contributed by atoms with Gasteiger partial charge in [-0.2, -0.15) is 20.1 Å². The molecule has 1 saturated heterocycles. The molecule has 12 heteroatoms. The molecule has 0 radical (unpaired) electrons. The third kappa shape index (κ3) is 6.17. The molecule has 2 aromatic carbocycles. The minimum Gasteiger partial charge on any atom is -0.506 e. The van der Waals surface area contributed by atoms with Crippen LogP contribution in [0.3, 0.4) is 0 Å². The van der Waals surface area contributed by atoms with E-state index in [1.165, 1.54) is 0 Å². The largest absolute Gasteiger partial charge is 0.506 e. The summed E-state index contributed by atoms with van der Waals surface area (Å²) >= 11 is 7.76. The predicted octanol–water partition coefficient (Wildman–Crippen LogP) is 4.58. The van der Waals surface area contributed by atoms with Crippen LogP contribution in [0.2, 0.25) is 0 Å². The number of morpholine rings is 1. The number of phenolic OH excluding ortho intramolecular Hbond substituents is 1. The van der Waals surface area contributed by atoms with Crippen molar-refractivity contribution in [3.8, 4) is 5.75 Å². The minimum absolute atomic E-state index is 0.179. The first-order valence-electron chi connectivity index (χ1n) is 9.56. The van der Waals surface area contributed by atoms with Gasteiger partial charge in [0.2, 0.25) is 17.8 Å². The topological polar surface area (TPSA) is 108 Å². The first kappa shape index (κ1) is 23.4. The summed E-state index contributed by atoms with van der Waals surface area (Å²) in [5, 5.41) is 17.7. The highest BCUT2D eigenvalue weighted by Crippen LogP contribution is 2.26. The summed E-state index contributed by atoms with van der Waals surface area (Å²) in [7, 11) is 0. The van der Waals surface area contributed by atoms with Crippen LogP contribution in [-0.4, -0.2) is 52.6 Å². The molecule has 4 rings (SSSR count). The molecule has 0 bridgehead atoms. The number of hydrazone groups is 1. The van der Waals surface area contributed by atoms with Crippen LogP contribution >= 0.6 is 61.1 Å². The Morgan fingerprint density at radius 1 is 1.09 bits per heavy atom. The van der Waals surface area contributed by atoms with Crippen molar-refractivity contribution in [2.75, 3.05) is 41.9 Å². The van der Waals surface area contributed by atoms with Gasteiger partial charge in [0.1, 0.15) is 5.75 Å². The van der Waals surface area contributed by atoms with Crippen molar-refractivity contribution in [2.24, 2.45) is 5.10 Å². The van der Waals surface area contributed by atoms with Crippen LogP contribution in [0, 0.1) is 7.14 Å². The molecule has 0 amide bonds. The summed E-state index contributed by atoms with van der Waals surface area (Å²) in [5.41, 5.74) is 4.30. The molecule has 0 spiro atoms. The van der Waals surface area contributed by atoms with Crippen LogP contribution in [0.1, 0.15) is 5.56 Å². The summed E-state index contributed by atoms with van der Waals surface area (Å²) in [5.74, 6) is 1.39. The predicted molar refractivity (Wildman–Crippen MR) is 145 cm³/mol.